The number of ether oxygens (including phenoxy) is 6. The molecule has 2 saturated heterocycles. The van der Waals surface area contributed by atoms with Crippen molar-refractivity contribution in [3.8, 4) is 0 Å². The maximum absolute atomic E-state index is 12.2. The average Bonchev–Trinajstić information content (AvgIpc) is 3.87. The second kappa shape index (κ2) is 49.8. The second-order valence-corrected chi connectivity index (χ2v) is 26.2. The van der Waals surface area contributed by atoms with Gasteiger partial charge in [-0.1, -0.05) is 232 Å². The van der Waals surface area contributed by atoms with Crippen LogP contribution >= 0.6 is 0 Å². The molecule has 2 fully saturated rings. The fraction of sp³-hybridized carbons (Fsp3) is 0.900. The van der Waals surface area contributed by atoms with Gasteiger partial charge in [0.25, 0.3) is 0 Å². The normalized spacial score (nSPS) is 19.8. The van der Waals surface area contributed by atoms with Gasteiger partial charge < -0.3 is 47.7 Å². The molecule has 83 heavy (non-hydrogen) atoms. The van der Waals surface area contributed by atoms with Crippen LogP contribution in [0.25, 0.3) is 0 Å². The third kappa shape index (κ3) is 41.6. The van der Waals surface area contributed by atoms with E-state index in [9.17, 15) is 64.9 Å². The van der Waals surface area contributed by atoms with Crippen LogP contribution in [0.4, 0.5) is 0 Å². The van der Waals surface area contributed by atoms with Crippen molar-refractivity contribution in [2.75, 3.05) is 52.9 Å². The number of cyclic esters (lactones) is 4. The smallest absolute Gasteiger partial charge is 0.747 e. The average molecular weight is 1250 g/mol. The van der Waals surface area contributed by atoms with E-state index in [1.165, 1.54) is 180 Å². The maximum atomic E-state index is 12.2. The molecule has 20 nitrogen and oxygen atoms in total. The minimum absolute atomic E-state index is 0. The Morgan fingerprint density at radius 3 is 0.855 bits per heavy atom. The standard InChI is InChI=1S/2C30H54O10S.Ca/c2*1-2-3-4-5-6-7-8-9-10-11-12-13-14-15-16-17-18-19-20-27(32)38-23-30(22-31)24-39-28(33)21-26(41(35,36)37)29(34)40-25-30;/h2*26,31H,2-25H2,1H3,(H,35,36,37);/q;;+2/p-2. The summed E-state index contributed by atoms with van der Waals surface area (Å²) in [5.74, 6) is -5.99. The molecule has 480 valence electrons. The van der Waals surface area contributed by atoms with Gasteiger partial charge in [-0.15, -0.1) is 0 Å². The van der Waals surface area contributed by atoms with Crippen LogP contribution in [0.3, 0.4) is 0 Å². The SMILES string of the molecule is CCCCCCCCCCCCCCCCCCCCC(=O)OCC1(CO)COC(=O)CC(S(=O)(=O)[O-])C(=O)OC1.CCCCCCCCCCCCCCCCCCCCC(=O)OCC1(CO)COC(=O)CC(S(=O)(=O)[O-])C(=O)OC1.[Ca+2]. The molecule has 2 heterocycles. The van der Waals surface area contributed by atoms with Crippen molar-refractivity contribution in [1.82, 2.24) is 0 Å². The van der Waals surface area contributed by atoms with Crippen LogP contribution in [-0.2, 0) is 77.4 Å². The van der Waals surface area contributed by atoms with Crippen molar-refractivity contribution in [3.05, 3.63) is 0 Å². The zero-order valence-corrected chi connectivity index (χ0v) is 54.7. The monoisotopic (exact) mass is 1250 g/mol. The van der Waals surface area contributed by atoms with Crippen LogP contribution in [0.15, 0.2) is 0 Å². The summed E-state index contributed by atoms with van der Waals surface area (Å²) in [7, 11) is -10.3. The zero-order chi connectivity index (χ0) is 60.8. The Balaban J connectivity index is 0.00000160. The summed E-state index contributed by atoms with van der Waals surface area (Å²) in [6.45, 7) is 0.328. The number of aliphatic hydroxyl groups is 2. The third-order valence-corrected chi connectivity index (χ3v) is 17.4. The number of hydrogen-bond donors (Lipinski definition) is 2. The largest absolute Gasteiger partial charge is 2.00 e. The van der Waals surface area contributed by atoms with E-state index in [1.807, 2.05) is 0 Å². The molecule has 0 aromatic heterocycles. The number of carbonyl (C=O) groups excluding carboxylic acids is 6. The minimum atomic E-state index is -5.14. The minimum Gasteiger partial charge on any atom is -0.747 e. The molecule has 2 rings (SSSR count). The van der Waals surface area contributed by atoms with Gasteiger partial charge in [-0.3, -0.25) is 28.8 Å². The Labute approximate surface area is 528 Å². The van der Waals surface area contributed by atoms with Gasteiger partial charge >= 0.3 is 73.6 Å². The van der Waals surface area contributed by atoms with E-state index in [-0.39, 0.29) is 50.6 Å². The number of rotatable bonds is 46. The van der Waals surface area contributed by atoms with Crippen molar-refractivity contribution in [2.24, 2.45) is 10.8 Å². The van der Waals surface area contributed by atoms with Gasteiger partial charge in [0.05, 0.1) is 36.9 Å². The molecular weight excluding hydrogens is 1140 g/mol. The summed E-state index contributed by atoms with van der Waals surface area (Å²) in [6, 6.07) is 0. The van der Waals surface area contributed by atoms with Crippen LogP contribution < -0.4 is 0 Å². The third-order valence-electron chi connectivity index (χ3n) is 15.3. The van der Waals surface area contributed by atoms with Crippen molar-refractivity contribution < 1.29 is 93.3 Å². The van der Waals surface area contributed by atoms with E-state index in [0.29, 0.717) is 12.8 Å². The molecule has 2 aliphatic rings. The Bertz CT molecular complexity index is 1830. The maximum Gasteiger partial charge on any atom is 2.00 e. The molecule has 0 spiro atoms. The van der Waals surface area contributed by atoms with Crippen LogP contribution in [0.2, 0.25) is 0 Å². The first-order valence-electron chi connectivity index (χ1n) is 31.3. The van der Waals surface area contributed by atoms with Gasteiger partial charge in [0.1, 0.15) is 59.9 Å². The summed E-state index contributed by atoms with van der Waals surface area (Å²) in [5.41, 5.74) is -2.90. The molecule has 0 aliphatic carbocycles. The Hall–Kier alpha value is -2.18. The number of hydrogen-bond acceptors (Lipinski definition) is 20. The first-order valence-corrected chi connectivity index (χ1v) is 34.3. The van der Waals surface area contributed by atoms with Crippen LogP contribution in [0.1, 0.15) is 271 Å². The zero-order valence-electron chi connectivity index (χ0n) is 50.9. The number of aliphatic hydroxyl groups excluding tert-OH is 2. The molecule has 2 aliphatic heterocycles. The van der Waals surface area contributed by atoms with E-state index in [0.717, 1.165) is 38.5 Å². The summed E-state index contributed by atoms with van der Waals surface area (Å²) in [4.78, 5) is 72.3. The molecule has 0 saturated carbocycles. The van der Waals surface area contributed by atoms with Gasteiger partial charge in [0.15, 0.2) is 10.5 Å². The van der Waals surface area contributed by atoms with Crippen molar-refractivity contribution in [3.63, 3.8) is 0 Å². The van der Waals surface area contributed by atoms with Crippen molar-refractivity contribution >= 4 is 93.8 Å². The quantitative estimate of drug-likeness (QED) is 0.0188. The van der Waals surface area contributed by atoms with E-state index in [2.05, 4.69) is 13.8 Å². The predicted molar refractivity (Wildman–Crippen MR) is 314 cm³/mol. The van der Waals surface area contributed by atoms with Crippen molar-refractivity contribution in [2.45, 2.75) is 281 Å². The molecule has 0 bridgehead atoms. The fourth-order valence-corrected chi connectivity index (χ4v) is 10.9. The van der Waals surface area contributed by atoms with Crippen molar-refractivity contribution in [1.29, 1.82) is 0 Å². The number of carbonyl (C=O) groups is 6. The van der Waals surface area contributed by atoms with Gasteiger partial charge in [0, 0.05) is 12.8 Å². The first kappa shape index (κ1) is 80.8. The van der Waals surface area contributed by atoms with Gasteiger partial charge in [-0.25, -0.2) is 16.8 Å². The first-order chi connectivity index (χ1) is 39.3. The predicted octanol–water partition coefficient (Wildman–Crippen LogP) is 10.3. The van der Waals surface area contributed by atoms with Gasteiger partial charge in [-0.2, -0.15) is 0 Å². The number of esters is 6. The Morgan fingerprint density at radius 1 is 0.422 bits per heavy atom. The summed E-state index contributed by atoms with van der Waals surface area (Å²) in [5, 5.41) is 15.2. The summed E-state index contributed by atoms with van der Waals surface area (Å²) < 4.78 is 97.9. The number of unbranched alkanes of at least 4 members (excludes halogenated alkanes) is 34. The fourth-order valence-electron chi connectivity index (χ4n) is 9.61. The van der Waals surface area contributed by atoms with Crippen LogP contribution in [0.5, 0.6) is 0 Å². The van der Waals surface area contributed by atoms with Crippen LogP contribution in [-0.4, -0.2) is 173 Å². The molecule has 23 heteroatoms. The van der Waals surface area contributed by atoms with E-state index >= 15 is 0 Å². The van der Waals surface area contributed by atoms with Gasteiger partial charge in [-0.05, 0) is 12.8 Å². The van der Waals surface area contributed by atoms with E-state index in [4.69, 9.17) is 28.4 Å². The molecule has 0 radical (unpaired) electrons. The topological polar surface area (TPSA) is 313 Å². The molecule has 0 aromatic rings. The van der Waals surface area contributed by atoms with Gasteiger partial charge in [0.2, 0.25) is 0 Å². The summed E-state index contributed by atoms with van der Waals surface area (Å²) >= 11 is 0. The molecular formula is C60H106CaO20S2. The Kier molecular flexibility index (Phi) is 48.5. The molecule has 2 N–H and O–H groups in total. The molecule has 4 atom stereocenters. The molecule has 4 unspecified atom stereocenters. The van der Waals surface area contributed by atoms with E-state index < -0.39 is 143 Å². The second-order valence-electron chi connectivity index (χ2n) is 23.1. The molecule has 0 amide bonds. The summed E-state index contributed by atoms with van der Waals surface area (Å²) in [6.07, 6.45) is 43.4. The molecule has 0 aromatic carbocycles. The van der Waals surface area contributed by atoms with Crippen LogP contribution in [0, 0.1) is 10.8 Å². The Morgan fingerprint density at radius 2 is 0.639 bits per heavy atom. The van der Waals surface area contributed by atoms with E-state index in [1.54, 1.807) is 0 Å².